The van der Waals surface area contributed by atoms with Gasteiger partial charge in [-0.3, -0.25) is 0 Å². The molecule has 0 bridgehead atoms. The van der Waals surface area contributed by atoms with Crippen molar-refractivity contribution in [3.05, 3.63) is 82.8 Å². The van der Waals surface area contributed by atoms with Crippen LogP contribution in [0.4, 0.5) is 11.4 Å². The van der Waals surface area contributed by atoms with Crippen molar-refractivity contribution in [1.82, 2.24) is 14.5 Å². The molecule has 0 saturated carbocycles. The zero-order valence-corrected chi connectivity index (χ0v) is 19.5. The van der Waals surface area contributed by atoms with E-state index in [4.69, 9.17) is 4.98 Å². The second-order valence-electron chi connectivity index (χ2n) is 8.93. The maximum Gasteiger partial charge on any atom is 0.160 e. The number of pyridine rings is 1. The van der Waals surface area contributed by atoms with Crippen molar-refractivity contribution in [2.75, 3.05) is 4.90 Å². The molecule has 1 atom stereocenters. The number of hydrogen-bond donors (Lipinski definition) is 0. The van der Waals surface area contributed by atoms with Crippen LogP contribution < -0.4 is 4.90 Å². The Morgan fingerprint density at radius 1 is 1.06 bits per heavy atom. The van der Waals surface area contributed by atoms with Gasteiger partial charge in [-0.2, -0.15) is 5.26 Å². The van der Waals surface area contributed by atoms with E-state index in [1.165, 1.54) is 16.7 Å². The van der Waals surface area contributed by atoms with Crippen LogP contribution in [-0.4, -0.2) is 20.6 Å². The Kier molecular flexibility index (Phi) is 5.60. The smallest absolute Gasteiger partial charge is 0.160 e. The highest BCUT2D eigenvalue weighted by Gasteiger charge is 2.25. The third kappa shape index (κ3) is 3.76. The summed E-state index contributed by atoms with van der Waals surface area (Å²) in [5.74, 6) is 1.09. The molecule has 0 radical (unpaired) electrons. The SMILES string of the molecule is CCCc1nc2c(C)ccnc2n1Cc1ccc2c(c1)CCc1ccccc1N2C(C)C#N. The van der Waals surface area contributed by atoms with E-state index in [-0.39, 0.29) is 6.04 Å². The van der Waals surface area contributed by atoms with Gasteiger partial charge in [0.05, 0.1) is 12.6 Å². The number of nitriles is 1. The topological polar surface area (TPSA) is 57.7 Å². The summed E-state index contributed by atoms with van der Waals surface area (Å²) in [6.45, 7) is 7.01. The maximum absolute atomic E-state index is 9.75. The van der Waals surface area contributed by atoms with E-state index >= 15 is 0 Å². The lowest BCUT2D eigenvalue weighted by molar-refractivity contribution is 0.715. The van der Waals surface area contributed by atoms with Crippen LogP contribution in [0.1, 0.15) is 48.3 Å². The van der Waals surface area contributed by atoms with E-state index in [1.807, 2.05) is 19.2 Å². The van der Waals surface area contributed by atoms with Gasteiger partial charge in [0.25, 0.3) is 0 Å². The Morgan fingerprint density at radius 3 is 2.67 bits per heavy atom. The zero-order valence-electron chi connectivity index (χ0n) is 19.5. The van der Waals surface area contributed by atoms with Crippen LogP contribution in [0.3, 0.4) is 0 Å². The number of fused-ring (bicyclic) bond motifs is 3. The molecule has 1 unspecified atom stereocenters. The van der Waals surface area contributed by atoms with Crippen LogP contribution in [0.15, 0.2) is 54.7 Å². The fourth-order valence-electron chi connectivity index (χ4n) is 4.95. The zero-order chi connectivity index (χ0) is 22.9. The van der Waals surface area contributed by atoms with Gasteiger partial charge in [0.15, 0.2) is 5.65 Å². The Balaban J connectivity index is 1.57. The minimum Gasteiger partial charge on any atom is -0.325 e. The van der Waals surface area contributed by atoms with E-state index in [1.54, 1.807) is 0 Å². The average molecular weight is 436 g/mol. The van der Waals surface area contributed by atoms with Crippen molar-refractivity contribution in [2.24, 2.45) is 0 Å². The number of benzene rings is 2. The van der Waals surface area contributed by atoms with Crippen LogP contribution in [0.5, 0.6) is 0 Å². The molecule has 2 aromatic carbocycles. The summed E-state index contributed by atoms with van der Waals surface area (Å²) in [4.78, 5) is 11.8. The highest BCUT2D eigenvalue weighted by molar-refractivity contribution is 5.76. The van der Waals surface area contributed by atoms with Crippen LogP contribution in [0, 0.1) is 18.3 Å². The monoisotopic (exact) mass is 435 g/mol. The molecule has 0 spiro atoms. The van der Waals surface area contributed by atoms with Gasteiger partial charge < -0.3 is 9.47 Å². The Hall–Kier alpha value is -3.65. The molecule has 33 heavy (non-hydrogen) atoms. The number of anilines is 2. The Morgan fingerprint density at radius 2 is 1.85 bits per heavy atom. The van der Waals surface area contributed by atoms with Gasteiger partial charge in [-0.15, -0.1) is 0 Å². The fraction of sp³-hybridized carbons (Fsp3) is 0.321. The number of hydrogen-bond acceptors (Lipinski definition) is 4. The number of aromatic nitrogens is 3. The predicted molar refractivity (Wildman–Crippen MR) is 133 cm³/mol. The van der Waals surface area contributed by atoms with Crippen LogP contribution in [0.2, 0.25) is 0 Å². The molecule has 1 aliphatic rings. The standard InChI is InChI=1S/C28H29N5/c1-4-7-26-31-27-19(2)14-15-30-28(27)32(26)18-21-10-13-25-23(16-21)12-11-22-8-5-6-9-24(22)33(25)20(3)17-29/h5-6,8-10,13-16,20H,4,7,11-12,18H2,1-3H3. The third-order valence-corrected chi connectivity index (χ3v) is 6.62. The normalized spacial score (nSPS) is 13.8. The van der Waals surface area contributed by atoms with Gasteiger partial charge in [0.2, 0.25) is 0 Å². The average Bonchev–Trinajstić information content (AvgIpc) is 3.08. The second kappa shape index (κ2) is 8.71. The maximum atomic E-state index is 9.75. The third-order valence-electron chi connectivity index (χ3n) is 6.62. The Labute approximate surface area is 195 Å². The first kappa shape index (κ1) is 21.2. The lowest BCUT2D eigenvalue weighted by Crippen LogP contribution is -2.27. The van der Waals surface area contributed by atoms with Gasteiger partial charge in [-0.05, 0) is 73.6 Å². The van der Waals surface area contributed by atoms with Crippen molar-refractivity contribution in [3.63, 3.8) is 0 Å². The molecule has 0 N–H and O–H groups in total. The summed E-state index contributed by atoms with van der Waals surface area (Å²) < 4.78 is 2.27. The molecule has 0 fully saturated rings. The molecule has 1 aliphatic heterocycles. The van der Waals surface area contributed by atoms with E-state index in [2.05, 4.69) is 76.8 Å². The molecule has 5 rings (SSSR count). The molecular weight excluding hydrogens is 406 g/mol. The molecule has 0 saturated heterocycles. The summed E-state index contributed by atoms with van der Waals surface area (Å²) in [6, 6.07) is 19.4. The second-order valence-corrected chi connectivity index (χ2v) is 8.93. The number of aryl methyl sites for hydroxylation is 4. The van der Waals surface area contributed by atoms with Crippen LogP contribution >= 0.6 is 0 Å². The number of nitrogens with zero attached hydrogens (tertiary/aromatic N) is 5. The molecule has 0 aliphatic carbocycles. The summed E-state index contributed by atoms with van der Waals surface area (Å²) in [5, 5.41) is 9.75. The molecule has 166 valence electrons. The quantitative estimate of drug-likeness (QED) is 0.392. The molecule has 3 heterocycles. The number of rotatable bonds is 5. The largest absolute Gasteiger partial charge is 0.325 e. The summed E-state index contributed by atoms with van der Waals surface area (Å²) in [6.07, 6.45) is 5.78. The number of imidazole rings is 1. The molecule has 5 nitrogen and oxygen atoms in total. The highest BCUT2D eigenvalue weighted by Crippen LogP contribution is 2.38. The van der Waals surface area contributed by atoms with Gasteiger partial charge in [-0.1, -0.05) is 37.3 Å². The van der Waals surface area contributed by atoms with Crippen molar-refractivity contribution in [3.8, 4) is 6.07 Å². The van der Waals surface area contributed by atoms with Gasteiger partial charge in [0.1, 0.15) is 17.4 Å². The summed E-state index contributed by atoms with van der Waals surface area (Å²) >= 11 is 0. The first-order valence-electron chi connectivity index (χ1n) is 11.8. The molecule has 2 aromatic heterocycles. The molecule has 0 amide bonds. The van der Waals surface area contributed by atoms with Crippen molar-refractivity contribution < 1.29 is 0 Å². The van der Waals surface area contributed by atoms with Crippen LogP contribution in [0.25, 0.3) is 11.2 Å². The van der Waals surface area contributed by atoms with E-state index in [9.17, 15) is 5.26 Å². The summed E-state index contributed by atoms with van der Waals surface area (Å²) in [5.41, 5.74) is 9.22. The van der Waals surface area contributed by atoms with Gasteiger partial charge in [0, 0.05) is 24.0 Å². The fourth-order valence-corrected chi connectivity index (χ4v) is 4.95. The van der Waals surface area contributed by atoms with Crippen molar-refractivity contribution in [1.29, 1.82) is 5.26 Å². The summed E-state index contributed by atoms with van der Waals surface area (Å²) in [7, 11) is 0. The van der Waals surface area contributed by atoms with E-state index in [0.717, 1.165) is 66.2 Å². The Bertz CT molecular complexity index is 1360. The van der Waals surface area contributed by atoms with Crippen molar-refractivity contribution >= 4 is 22.5 Å². The van der Waals surface area contributed by atoms with Crippen LogP contribution in [-0.2, 0) is 25.8 Å². The minimum absolute atomic E-state index is 0.241. The first-order chi connectivity index (χ1) is 16.1. The molecular formula is C28H29N5. The first-order valence-corrected chi connectivity index (χ1v) is 11.8. The number of para-hydroxylation sites is 1. The highest BCUT2D eigenvalue weighted by atomic mass is 15.2. The lowest BCUT2D eigenvalue weighted by atomic mass is 10.0. The van der Waals surface area contributed by atoms with E-state index < -0.39 is 0 Å². The molecule has 5 heteroatoms. The van der Waals surface area contributed by atoms with Crippen molar-refractivity contribution in [2.45, 2.75) is 59.0 Å². The molecule has 4 aromatic rings. The van der Waals surface area contributed by atoms with Gasteiger partial charge in [-0.25, -0.2) is 9.97 Å². The van der Waals surface area contributed by atoms with E-state index in [0.29, 0.717) is 0 Å². The minimum atomic E-state index is -0.241. The predicted octanol–water partition coefficient (Wildman–Crippen LogP) is 5.89. The lowest BCUT2D eigenvalue weighted by Gasteiger charge is -2.29. The van der Waals surface area contributed by atoms with Gasteiger partial charge >= 0.3 is 0 Å².